The molecule has 5 fully saturated rings. The number of halogens is 2. The fraction of sp³-hybridized carbons (Fsp3) is 0.481. The first-order valence-corrected chi connectivity index (χ1v) is 47.7. The number of likely N-dealkylation sites (N-methyl/N-ethyl adjacent to an activating group) is 4. The van der Waals surface area contributed by atoms with Gasteiger partial charge < -0.3 is 50.7 Å². The van der Waals surface area contributed by atoms with E-state index in [2.05, 4.69) is 103 Å². The van der Waals surface area contributed by atoms with Crippen LogP contribution in [-0.2, 0) is 44.9 Å². The normalized spacial score (nSPS) is 17.8. The van der Waals surface area contributed by atoms with Crippen LogP contribution in [0.2, 0.25) is 0 Å². The van der Waals surface area contributed by atoms with E-state index in [0.29, 0.717) is 126 Å². The highest BCUT2D eigenvalue weighted by Crippen LogP contribution is 2.37. The van der Waals surface area contributed by atoms with E-state index >= 15 is 0 Å². The lowest BCUT2D eigenvalue weighted by Gasteiger charge is -2.38. The molecule has 132 heavy (non-hydrogen) atoms. The van der Waals surface area contributed by atoms with E-state index < -0.39 is 22.2 Å². The van der Waals surface area contributed by atoms with Gasteiger partial charge in [0.1, 0.15) is 11.6 Å². The second kappa shape index (κ2) is 46.9. The molecule has 8 aromatic rings. The van der Waals surface area contributed by atoms with Gasteiger partial charge in [0.05, 0.1) is 45.8 Å². The zero-order valence-corrected chi connectivity index (χ0v) is 81.1. The van der Waals surface area contributed by atoms with E-state index in [4.69, 9.17) is 0 Å². The Kier molecular flexibility index (Phi) is 36.2. The van der Waals surface area contributed by atoms with Gasteiger partial charge in [-0.25, -0.2) is 8.78 Å². The van der Waals surface area contributed by atoms with Crippen LogP contribution >= 0.6 is 0 Å². The molecule has 0 radical (unpaired) electrons. The Balaban J connectivity index is 0.000000242. The largest absolute Gasteiger partial charge is 0.369 e. The lowest BCUT2D eigenvalue weighted by Crippen LogP contribution is -2.52. The summed E-state index contributed by atoms with van der Waals surface area (Å²) < 4.78 is 27.2. The van der Waals surface area contributed by atoms with Gasteiger partial charge in [0.25, 0.3) is 0 Å². The second-order valence-electron chi connectivity index (χ2n) is 37.4. The summed E-state index contributed by atoms with van der Waals surface area (Å²) in [4.78, 5) is 131. The third-order valence-corrected chi connectivity index (χ3v) is 29.0. The number of nitrogens with zero attached hydrogens (tertiary/aromatic N) is 10. The van der Waals surface area contributed by atoms with Crippen molar-refractivity contribution in [1.82, 2.24) is 60.5 Å². The number of carbonyl (C=O) groups excluding carboxylic acids is 8. The average molecular weight is 1800 g/mol. The fourth-order valence-corrected chi connectivity index (χ4v) is 19.6. The molecule has 5 aliphatic rings. The van der Waals surface area contributed by atoms with Crippen LogP contribution in [0, 0.1) is 11.6 Å². The molecule has 24 heteroatoms. The molecular weight excluding hydrogens is 1660 g/mol. The van der Waals surface area contributed by atoms with Gasteiger partial charge in [0.2, 0.25) is 23.6 Å². The molecule has 0 aliphatic carbocycles. The fourth-order valence-electron chi connectivity index (χ4n) is 19.6. The van der Waals surface area contributed by atoms with E-state index in [-0.39, 0.29) is 82.1 Å². The molecule has 13 rings (SSSR count). The average Bonchev–Trinajstić information content (AvgIpc) is 0.786. The maximum Gasteiger partial charge on any atom is 0.229 e. The predicted octanol–water partition coefficient (Wildman–Crippen LogP) is 13.3. The summed E-state index contributed by atoms with van der Waals surface area (Å²) in [6, 6.07) is 59.7. The molecule has 8 unspecified atom stereocenters. The third-order valence-electron chi connectivity index (χ3n) is 29.0. The number of carbonyl (C=O) groups is 8. The highest BCUT2D eigenvalue weighted by molar-refractivity contribution is 6.06. The van der Waals surface area contributed by atoms with E-state index in [1.807, 2.05) is 224 Å². The number of Topliss-reactive ketones (excluding diaryl/α,β-unsaturated/α-hetero) is 4. The zero-order valence-electron chi connectivity index (χ0n) is 81.1. The number of rotatable bonds is 34. The summed E-state index contributed by atoms with van der Waals surface area (Å²) in [7, 11) is 15.5. The molecule has 4 amide bonds. The Morgan fingerprint density at radius 1 is 0.273 bits per heavy atom. The van der Waals surface area contributed by atoms with Crippen LogP contribution in [0.5, 0.6) is 0 Å². The monoisotopic (exact) mass is 1800 g/mol. The van der Waals surface area contributed by atoms with Crippen molar-refractivity contribution in [3.63, 3.8) is 0 Å². The van der Waals surface area contributed by atoms with Gasteiger partial charge in [-0.05, 0) is 277 Å². The van der Waals surface area contributed by atoms with E-state index in [1.54, 1.807) is 0 Å². The van der Waals surface area contributed by atoms with Crippen LogP contribution in [0.4, 0.5) is 20.2 Å². The SMILES string of the molecule is C1CNCCN1.CCC(Cc1ccc(C(C)C(=O)N2CCN(C(=O)C(C)c3ccc(CC(CC)(C(=O)c4ccc(F)cc4)N(C)C)cc3)CC2)cc1)(C(=O)c1ccc(F)cc1)N(C)C.CCC(Cc1ccc(C(C)C(=O)N2CCN(C(=O)C(C)c3ccc(CC(CC)(C(=O)c4ccc(N5CCNCC5)cc4)N(C)C)cc3)CC2)cc1)(C(=O)c1ccc(N2CCNCC2)cc1)N(C)C. The molecule has 5 heterocycles. The van der Waals surface area contributed by atoms with Crippen LogP contribution in [0.3, 0.4) is 0 Å². The molecule has 22 nitrogen and oxygen atoms in total. The lowest BCUT2D eigenvalue weighted by molar-refractivity contribution is -0.140. The van der Waals surface area contributed by atoms with Crippen molar-refractivity contribution < 1.29 is 47.1 Å². The number of hydrogen-bond donors (Lipinski definition) is 4. The van der Waals surface area contributed by atoms with Crippen LogP contribution in [0.1, 0.15) is 191 Å². The minimum Gasteiger partial charge on any atom is -0.369 e. The molecule has 0 aromatic heterocycles. The Morgan fingerprint density at radius 3 is 0.629 bits per heavy atom. The van der Waals surface area contributed by atoms with E-state index in [0.717, 1.165) is 134 Å². The van der Waals surface area contributed by atoms with Crippen molar-refractivity contribution in [2.75, 3.05) is 197 Å². The maximum absolute atomic E-state index is 14.3. The minimum atomic E-state index is -0.818. The number of amides is 4. The minimum absolute atomic E-state index is 0.00459. The summed E-state index contributed by atoms with van der Waals surface area (Å²) >= 11 is 0. The van der Waals surface area contributed by atoms with Crippen LogP contribution in [0.15, 0.2) is 194 Å². The number of benzene rings is 8. The lowest BCUT2D eigenvalue weighted by atomic mass is 9.80. The van der Waals surface area contributed by atoms with Crippen molar-refractivity contribution in [3.8, 4) is 0 Å². The summed E-state index contributed by atoms with van der Waals surface area (Å²) in [5.74, 6) is -2.02. The molecule has 708 valence electrons. The quantitative estimate of drug-likeness (QED) is 0.0276. The number of anilines is 2. The van der Waals surface area contributed by atoms with Crippen LogP contribution in [0.25, 0.3) is 0 Å². The smallest absolute Gasteiger partial charge is 0.229 e. The Hall–Kier alpha value is -10.5. The number of nitrogens with one attached hydrogen (secondary N) is 4. The summed E-state index contributed by atoms with van der Waals surface area (Å²) in [5, 5.41) is 13.2. The maximum atomic E-state index is 14.3. The highest BCUT2D eigenvalue weighted by Gasteiger charge is 2.45. The molecule has 8 aromatic carbocycles. The van der Waals surface area contributed by atoms with Crippen LogP contribution < -0.4 is 31.1 Å². The van der Waals surface area contributed by atoms with Gasteiger partial charge in [-0.2, -0.15) is 0 Å². The Labute approximate surface area is 783 Å². The van der Waals surface area contributed by atoms with Gasteiger partial charge in [-0.1, -0.05) is 125 Å². The van der Waals surface area contributed by atoms with E-state index in [9.17, 15) is 47.1 Å². The molecule has 0 spiro atoms. The first-order chi connectivity index (χ1) is 63.3. The molecular formula is C108H144F2N14O8. The number of hydrogen-bond acceptors (Lipinski definition) is 18. The first kappa shape index (κ1) is 102. The molecule has 5 aliphatic heterocycles. The molecule has 0 bridgehead atoms. The van der Waals surface area contributed by atoms with Crippen molar-refractivity contribution >= 4 is 58.1 Å². The first-order valence-electron chi connectivity index (χ1n) is 47.7. The summed E-state index contributed by atoms with van der Waals surface area (Å²) in [6.07, 6.45) is 4.47. The van der Waals surface area contributed by atoms with Gasteiger partial charge in [-0.3, -0.25) is 58.0 Å². The second-order valence-corrected chi connectivity index (χ2v) is 37.4. The number of ketones is 4. The third kappa shape index (κ3) is 24.2. The molecule has 0 saturated carbocycles. The van der Waals surface area contributed by atoms with Crippen molar-refractivity contribution in [1.29, 1.82) is 0 Å². The van der Waals surface area contributed by atoms with Gasteiger partial charge in [0.15, 0.2) is 23.1 Å². The van der Waals surface area contributed by atoms with Crippen molar-refractivity contribution in [2.24, 2.45) is 0 Å². The van der Waals surface area contributed by atoms with Crippen LogP contribution in [-0.4, -0.2) is 295 Å². The molecule has 5 saturated heterocycles. The summed E-state index contributed by atoms with van der Waals surface area (Å²) in [6.45, 7) is 31.7. The van der Waals surface area contributed by atoms with Crippen molar-refractivity contribution in [3.05, 3.63) is 273 Å². The highest BCUT2D eigenvalue weighted by atomic mass is 19.1. The van der Waals surface area contributed by atoms with Gasteiger partial charge in [0, 0.05) is 165 Å². The van der Waals surface area contributed by atoms with E-state index in [1.165, 1.54) is 48.5 Å². The topological polar surface area (TPSA) is 217 Å². The summed E-state index contributed by atoms with van der Waals surface area (Å²) in [5.41, 5.74) is 9.23. The van der Waals surface area contributed by atoms with Gasteiger partial charge >= 0.3 is 0 Å². The predicted molar refractivity (Wildman–Crippen MR) is 526 cm³/mol. The van der Waals surface area contributed by atoms with Gasteiger partial charge in [-0.15, -0.1) is 0 Å². The number of piperazine rings is 5. The molecule has 4 N–H and O–H groups in total. The zero-order chi connectivity index (χ0) is 95.2. The Bertz CT molecular complexity index is 4780. The standard InChI is InChI=1S/C56H76N8O4.C48H58F2N4O4.C4H10N2/c1-9-55(59(5)6,51(65)47-19-23-49(24-20-47)61-31-27-57-28-32-61)39-43-11-15-45(16-12-43)41(3)53(67)63-35-37-64(38-36-63)54(68)42(4)46-17-13-44(14-18-46)40-56(10-2,60(7)8)52(66)48-21-25-50(26-22-48)62-33-29-58-30-34-62;1-9-47(51(5)6,43(55)39-19-23-41(49)24-20-39)31-35-11-15-37(16-12-35)33(3)45(57)53-27-29-54(30-28-53)46(58)34(4)38-17-13-36(14-18-38)32-48(10-2,52(7)8)44(56)40-21-25-42(50)26-22-40;1-2-6-4-3-5-1/h11-26,41-42,57-58H,9-10,27-40H2,1-8H3;11-26,33-34H,9-10,27-32H2,1-8H3;5-6H,1-4H2. The van der Waals surface area contributed by atoms with Crippen molar-refractivity contribution in [2.45, 2.75) is 153 Å². The Morgan fingerprint density at radius 2 is 0.455 bits per heavy atom. The molecule has 8 atom stereocenters.